The van der Waals surface area contributed by atoms with Crippen molar-refractivity contribution in [3.8, 4) is 0 Å². The molecule has 1 rings (SSSR count). The number of rotatable bonds is 7. The Morgan fingerprint density at radius 3 is 2.74 bits per heavy atom. The monoisotopic (exact) mass is 283 g/mol. The van der Waals surface area contributed by atoms with Crippen LogP contribution in [0.2, 0.25) is 5.02 Å². The smallest absolute Gasteiger partial charge is 0.271 e. The molecule has 0 aliphatic rings. The van der Waals surface area contributed by atoms with Gasteiger partial charge in [-0.25, -0.2) is 9.97 Å². The van der Waals surface area contributed by atoms with Crippen molar-refractivity contribution in [3.05, 3.63) is 22.7 Å². The first kappa shape index (κ1) is 15.9. The number of carbonyl (C=O) groups is 1. The molecule has 1 heterocycles. The Bertz CT molecular complexity index is 421. The average molecular weight is 284 g/mol. The largest absolute Gasteiger partial charge is 0.351 e. The van der Waals surface area contributed by atoms with E-state index in [-0.39, 0.29) is 17.5 Å². The maximum absolute atomic E-state index is 12.0. The van der Waals surface area contributed by atoms with Crippen molar-refractivity contribution < 1.29 is 4.79 Å². The van der Waals surface area contributed by atoms with Crippen LogP contribution in [0.1, 0.15) is 68.7 Å². The molecule has 106 valence electrons. The van der Waals surface area contributed by atoms with E-state index in [1.54, 1.807) is 0 Å². The van der Waals surface area contributed by atoms with E-state index in [0.29, 0.717) is 17.4 Å². The number of nitrogens with zero attached hydrogens (tertiary/aromatic N) is 2. The topological polar surface area (TPSA) is 54.9 Å². The quantitative estimate of drug-likeness (QED) is 0.779. The van der Waals surface area contributed by atoms with Gasteiger partial charge in [-0.1, -0.05) is 51.6 Å². The van der Waals surface area contributed by atoms with Gasteiger partial charge in [0, 0.05) is 12.5 Å². The van der Waals surface area contributed by atoms with Gasteiger partial charge in [-0.3, -0.25) is 4.79 Å². The predicted octanol–water partition coefficient (Wildman–Crippen LogP) is 3.56. The van der Waals surface area contributed by atoms with Crippen molar-refractivity contribution in [1.29, 1.82) is 0 Å². The minimum atomic E-state index is -0.217. The molecule has 0 saturated heterocycles. The summed E-state index contributed by atoms with van der Waals surface area (Å²) in [5.74, 6) is 0.597. The number of nitrogens with one attached hydrogen (secondary N) is 1. The summed E-state index contributed by atoms with van der Waals surface area (Å²) in [4.78, 5) is 20.3. The summed E-state index contributed by atoms with van der Waals surface area (Å²) < 4.78 is 0. The Hall–Kier alpha value is -1.16. The molecule has 0 saturated carbocycles. The van der Waals surface area contributed by atoms with Gasteiger partial charge in [0.25, 0.3) is 5.91 Å². The molecule has 0 unspecified atom stereocenters. The summed E-state index contributed by atoms with van der Waals surface area (Å²) in [5, 5.41) is 3.15. The lowest BCUT2D eigenvalue weighted by Crippen LogP contribution is -2.26. The van der Waals surface area contributed by atoms with Gasteiger partial charge in [0.2, 0.25) is 0 Å². The summed E-state index contributed by atoms with van der Waals surface area (Å²) in [5.41, 5.74) is 0.274. The number of halogens is 1. The standard InChI is InChI=1S/C14H22ClN3O/c1-4-5-6-7-8-16-14(19)12-11(15)9-17-13(18-12)10(2)3/h9-10H,4-8H2,1-3H3,(H,16,19). The lowest BCUT2D eigenvalue weighted by Gasteiger charge is -2.08. The molecular formula is C14H22ClN3O. The van der Waals surface area contributed by atoms with Crippen LogP contribution in [-0.2, 0) is 0 Å². The fourth-order valence-corrected chi connectivity index (χ4v) is 1.83. The average Bonchev–Trinajstić information content (AvgIpc) is 2.38. The Balaban J connectivity index is 2.58. The van der Waals surface area contributed by atoms with Crippen LogP contribution in [0.3, 0.4) is 0 Å². The molecule has 4 nitrogen and oxygen atoms in total. The first-order valence-corrected chi connectivity index (χ1v) is 7.24. The van der Waals surface area contributed by atoms with Crippen molar-refractivity contribution in [2.75, 3.05) is 6.54 Å². The maximum Gasteiger partial charge on any atom is 0.271 e. The molecule has 0 aromatic carbocycles. The first-order valence-electron chi connectivity index (χ1n) is 6.86. The Morgan fingerprint density at radius 2 is 2.11 bits per heavy atom. The second-order valence-electron chi connectivity index (χ2n) is 4.90. The van der Waals surface area contributed by atoms with Gasteiger partial charge in [0.05, 0.1) is 11.2 Å². The SMILES string of the molecule is CCCCCCNC(=O)c1nc(C(C)C)ncc1Cl. The molecule has 0 fully saturated rings. The van der Waals surface area contributed by atoms with Crippen molar-refractivity contribution in [2.45, 2.75) is 52.4 Å². The summed E-state index contributed by atoms with van der Waals surface area (Å²) in [6, 6.07) is 0. The highest BCUT2D eigenvalue weighted by atomic mass is 35.5. The molecule has 0 radical (unpaired) electrons. The molecule has 0 bridgehead atoms. The lowest BCUT2D eigenvalue weighted by atomic mass is 10.2. The van der Waals surface area contributed by atoms with Gasteiger partial charge in [-0.2, -0.15) is 0 Å². The second kappa shape index (κ2) is 8.10. The number of hydrogen-bond acceptors (Lipinski definition) is 3. The first-order chi connectivity index (χ1) is 9.06. The van der Waals surface area contributed by atoms with E-state index in [1.165, 1.54) is 19.0 Å². The molecule has 0 atom stereocenters. The third-order valence-corrected chi connectivity index (χ3v) is 3.09. The fraction of sp³-hybridized carbons (Fsp3) is 0.643. The van der Waals surface area contributed by atoms with Crippen LogP contribution in [0, 0.1) is 0 Å². The van der Waals surface area contributed by atoms with Crippen molar-refractivity contribution in [1.82, 2.24) is 15.3 Å². The van der Waals surface area contributed by atoms with Gasteiger partial charge in [0.1, 0.15) is 11.5 Å². The molecule has 0 spiro atoms. The summed E-state index contributed by atoms with van der Waals surface area (Å²) in [7, 11) is 0. The highest BCUT2D eigenvalue weighted by molar-refractivity contribution is 6.33. The van der Waals surface area contributed by atoms with Crippen molar-refractivity contribution in [3.63, 3.8) is 0 Å². The zero-order chi connectivity index (χ0) is 14.3. The van der Waals surface area contributed by atoms with Gasteiger partial charge >= 0.3 is 0 Å². The summed E-state index contributed by atoms with van der Waals surface area (Å²) >= 11 is 5.97. The van der Waals surface area contributed by atoms with E-state index in [1.807, 2.05) is 13.8 Å². The van der Waals surface area contributed by atoms with E-state index in [2.05, 4.69) is 22.2 Å². The van der Waals surface area contributed by atoms with Crippen LogP contribution in [0.15, 0.2) is 6.20 Å². The van der Waals surface area contributed by atoms with E-state index in [4.69, 9.17) is 11.6 Å². The van der Waals surface area contributed by atoms with Gasteiger partial charge in [-0.05, 0) is 6.42 Å². The Labute approximate surface area is 120 Å². The Kier molecular flexibility index (Phi) is 6.78. The summed E-state index contributed by atoms with van der Waals surface area (Å²) in [6.45, 7) is 6.79. The van der Waals surface area contributed by atoms with Gasteiger partial charge in [-0.15, -0.1) is 0 Å². The zero-order valence-corrected chi connectivity index (χ0v) is 12.6. The number of carbonyl (C=O) groups excluding carboxylic acids is 1. The van der Waals surface area contributed by atoms with Gasteiger partial charge in [0.15, 0.2) is 0 Å². The highest BCUT2D eigenvalue weighted by Gasteiger charge is 2.14. The number of hydrogen-bond donors (Lipinski definition) is 1. The van der Waals surface area contributed by atoms with E-state index in [9.17, 15) is 4.79 Å². The molecule has 1 aromatic rings. The number of amides is 1. The molecule has 1 amide bonds. The highest BCUT2D eigenvalue weighted by Crippen LogP contribution is 2.16. The van der Waals surface area contributed by atoms with Crippen LogP contribution in [0.4, 0.5) is 0 Å². The van der Waals surface area contributed by atoms with E-state index < -0.39 is 0 Å². The minimum absolute atomic E-state index is 0.174. The molecule has 1 aromatic heterocycles. The maximum atomic E-state index is 12.0. The number of unbranched alkanes of at least 4 members (excludes halogenated alkanes) is 3. The van der Waals surface area contributed by atoms with Crippen LogP contribution in [0.5, 0.6) is 0 Å². The molecule has 1 N–H and O–H groups in total. The Morgan fingerprint density at radius 1 is 1.37 bits per heavy atom. The molecular weight excluding hydrogens is 262 g/mol. The van der Waals surface area contributed by atoms with Crippen molar-refractivity contribution in [2.24, 2.45) is 0 Å². The third-order valence-electron chi connectivity index (χ3n) is 2.81. The molecule has 5 heteroatoms. The van der Waals surface area contributed by atoms with Crippen LogP contribution in [0.25, 0.3) is 0 Å². The second-order valence-corrected chi connectivity index (χ2v) is 5.30. The van der Waals surface area contributed by atoms with Crippen molar-refractivity contribution >= 4 is 17.5 Å². The molecule has 19 heavy (non-hydrogen) atoms. The predicted molar refractivity (Wildman–Crippen MR) is 77.6 cm³/mol. The molecule has 0 aliphatic heterocycles. The van der Waals surface area contributed by atoms with Crippen LogP contribution >= 0.6 is 11.6 Å². The third kappa shape index (κ3) is 5.15. The number of aromatic nitrogens is 2. The van der Waals surface area contributed by atoms with E-state index >= 15 is 0 Å². The van der Waals surface area contributed by atoms with Crippen LogP contribution < -0.4 is 5.32 Å². The minimum Gasteiger partial charge on any atom is -0.351 e. The lowest BCUT2D eigenvalue weighted by molar-refractivity contribution is 0.0947. The van der Waals surface area contributed by atoms with Gasteiger partial charge < -0.3 is 5.32 Å². The molecule has 0 aliphatic carbocycles. The fourth-order valence-electron chi connectivity index (χ4n) is 1.66. The summed E-state index contributed by atoms with van der Waals surface area (Å²) in [6.07, 6.45) is 5.99. The van der Waals surface area contributed by atoms with E-state index in [0.717, 1.165) is 12.8 Å². The van der Waals surface area contributed by atoms with Crippen LogP contribution in [-0.4, -0.2) is 22.4 Å². The zero-order valence-electron chi connectivity index (χ0n) is 11.9. The normalized spacial score (nSPS) is 10.8.